The average Bonchev–Trinajstić information content (AvgIpc) is 2.31. The highest BCUT2D eigenvalue weighted by molar-refractivity contribution is 5.55. The first-order valence-electron chi connectivity index (χ1n) is 6.10. The van der Waals surface area contributed by atoms with Gasteiger partial charge < -0.3 is 5.73 Å². The zero-order chi connectivity index (χ0) is 13.2. The number of alkyl halides is 3. The van der Waals surface area contributed by atoms with Gasteiger partial charge in [0.1, 0.15) is 0 Å². The van der Waals surface area contributed by atoms with Crippen molar-refractivity contribution in [2.75, 3.05) is 0 Å². The van der Waals surface area contributed by atoms with E-state index in [0.29, 0.717) is 5.56 Å². The van der Waals surface area contributed by atoms with E-state index in [1.165, 1.54) is 12.1 Å². The van der Waals surface area contributed by atoms with E-state index in [9.17, 15) is 13.2 Å². The Kier molecular flexibility index (Phi) is 3.76. The average molecular weight is 255 g/mol. The van der Waals surface area contributed by atoms with Crippen molar-refractivity contribution in [2.45, 2.75) is 37.9 Å². The predicted molar refractivity (Wildman–Crippen MR) is 65.9 cm³/mol. The molecule has 18 heavy (non-hydrogen) atoms. The number of hydrogen-bond donors (Lipinski definition) is 1. The summed E-state index contributed by atoms with van der Waals surface area (Å²) in [6.45, 7) is 0. The van der Waals surface area contributed by atoms with Crippen molar-refractivity contribution in [2.24, 2.45) is 5.73 Å². The Morgan fingerprint density at radius 2 is 2.00 bits per heavy atom. The summed E-state index contributed by atoms with van der Waals surface area (Å²) in [5.74, 6) is 0. The number of benzene rings is 1. The van der Waals surface area contributed by atoms with Crippen LogP contribution in [0.1, 0.15) is 36.8 Å². The van der Waals surface area contributed by atoms with Gasteiger partial charge in [0.25, 0.3) is 0 Å². The Morgan fingerprint density at radius 1 is 1.22 bits per heavy atom. The minimum absolute atomic E-state index is 0.00621. The van der Waals surface area contributed by atoms with Gasteiger partial charge >= 0.3 is 6.18 Å². The maximum absolute atomic E-state index is 12.6. The first-order chi connectivity index (χ1) is 8.47. The molecular weight excluding hydrogens is 239 g/mol. The maximum atomic E-state index is 12.6. The topological polar surface area (TPSA) is 26.0 Å². The predicted octanol–water partition coefficient (Wildman–Crippen LogP) is 3.99. The summed E-state index contributed by atoms with van der Waals surface area (Å²) in [6, 6.07) is 5.37. The van der Waals surface area contributed by atoms with Crippen molar-refractivity contribution in [1.82, 2.24) is 0 Å². The van der Waals surface area contributed by atoms with E-state index in [1.807, 2.05) is 0 Å². The second-order valence-corrected chi connectivity index (χ2v) is 4.69. The Morgan fingerprint density at radius 3 is 2.67 bits per heavy atom. The molecule has 1 nitrogen and oxygen atoms in total. The Hall–Kier alpha value is -1.29. The van der Waals surface area contributed by atoms with Crippen molar-refractivity contribution in [3.63, 3.8) is 0 Å². The van der Waals surface area contributed by atoms with Gasteiger partial charge in [-0.2, -0.15) is 13.2 Å². The zero-order valence-electron chi connectivity index (χ0n) is 10.0. The molecule has 1 fully saturated rings. The summed E-state index contributed by atoms with van der Waals surface area (Å²) in [5, 5.41) is 0. The fraction of sp³-hybridized carbons (Fsp3) is 0.429. The third kappa shape index (κ3) is 3.13. The van der Waals surface area contributed by atoms with Gasteiger partial charge in [0.05, 0.1) is 5.56 Å². The van der Waals surface area contributed by atoms with Crippen LogP contribution in [0.3, 0.4) is 0 Å². The summed E-state index contributed by atoms with van der Waals surface area (Å²) < 4.78 is 37.7. The largest absolute Gasteiger partial charge is 0.416 e. The molecule has 0 radical (unpaired) electrons. The highest BCUT2D eigenvalue weighted by Crippen LogP contribution is 2.31. The van der Waals surface area contributed by atoms with Crippen molar-refractivity contribution >= 4 is 6.08 Å². The molecule has 1 unspecified atom stereocenters. The van der Waals surface area contributed by atoms with Gasteiger partial charge in [-0.25, -0.2) is 0 Å². The van der Waals surface area contributed by atoms with Crippen molar-refractivity contribution in [3.8, 4) is 0 Å². The van der Waals surface area contributed by atoms with Crippen LogP contribution in [-0.2, 0) is 6.18 Å². The number of rotatable bonds is 1. The molecule has 1 atom stereocenters. The van der Waals surface area contributed by atoms with Crippen LogP contribution < -0.4 is 5.73 Å². The SMILES string of the molecule is NC1CCCCC1=Cc1cccc(C(F)(F)F)c1. The van der Waals surface area contributed by atoms with Gasteiger partial charge in [-0.05, 0) is 37.0 Å². The second kappa shape index (κ2) is 5.14. The molecule has 0 aromatic heterocycles. The van der Waals surface area contributed by atoms with Crippen LogP contribution in [0.4, 0.5) is 13.2 Å². The molecule has 0 spiro atoms. The Bertz CT molecular complexity index is 449. The normalized spacial score (nSPS) is 23.3. The molecule has 0 amide bonds. The van der Waals surface area contributed by atoms with E-state index in [1.54, 1.807) is 12.1 Å². The second-order valence-electron chi connectivity index (χ2n) is 4.69. The summed E-state index contributed by atoms with van der Waals surface area (Å²) in [4.78, 5) is 0. The smallest absolute Gasteiger partial charge is 0.324 e. The molecule has 2 rings (SSSR count). The van der Waals surface area contributed by atoms with E-state index in [0.717, 1.165) is 37.3 Å². The van der Waals surface area contributed by atoms with Crippen molar-refractivity contribution in [1.29, 1.82) is 0 Å². The third-order valence-electron chi connectivity index (χ3n) is 3.27. The lowest BCUT2D eigenvalue weighted by Crippen LogP contribution is -2.25. The standard InChI is InChI=1S/C14H16F3N/c15-14(16,17)12-6-3-4-10(9-12)8-11-5-1-2-7-13(11)18/h3-4,6,8-9,13H,1-2,5,7,18H2. The van der Waals surface area contributed by atoms with Crippen LogP contribution in [0, 0.1) is 0 Å². The summed E-state index contributed by atoms with van der Waals surface area (Å²) in [6.07, 6.45) is 1.49. The maximum Gasteiger partial charge on any atom is 0.416 e. The van der Waals surface area contributed by atoms with Crippen LogP contribution in [0.2, 0.25) is 0 Å². The highest BCUT2D eigenvalue weighted by Gasteiger charge is 2.30. The molecule has 1 saturated carbocycles. The first kappa shape index (κ1) is 13.1. The van der Waals surface area contributed by atoms with E-state index in [4.69, 9.17) is 5.73 Å². The van der Waals surface area contributed by atoms with Crippen LogP contribution in [0.5, 0.6) is 0 Å². The molecule has 0 bridgehead atoms. The van der Waals surface area contributed by atoms with Gasteiger partial charge in [0.15, 0.2) is 0 Å². The van der Waals surface area contributed by atoms with E-state index in [2.05, 4.69) is 0 Å². The van der Waals surface area contributed by atoms with E-state index in [-0.39, 0.29) is 6.04 Å². The summed E-state index contributed by atoms with van der Waals surface area (Å²) in [7, 11) is 0. The van der Waals surface area contributed by atoms with Gasteiger partial charge in [-0.15, -0.1) is 0 Å². The van der Waals surface area contributed by atoms with Gasteiger partial charge in [0.2, 0.25) is 0 Å². The lowest BCUT2D eigenvalue weighted by atomic mass is 9.89. The van der Waals surface area contributed by atoms with Crippen molar-refractivity contribution < 1.29 is 13.2 Å². The molecule has 1 aliphatic rings. The van der Waals surface area contributed by atoms with Crippen LogP contribution in [-0.4, -0.2) is 6.04 Å². The zero-order valence-corrected chi connectivity index (χ0v) is 10.0. The highest BCUT2D eigenvalue weighted by atomic mass is 19.4. The molecular formula is C14H16F3N. The van der Waals surface area contributed by atoms with Crippen LogP contribution >= 0.6 is 0 Å². The molecule has 1 aliphatic carbocycles. The first-order valence-corrected chi connectivity index (χ1v) is 6.10. The molecule has 4 heteroatoms. The molecule has 1 aromatic carbocycles. The van der Waals surface area contributed by atoms with Crippen LogP contribution in [0.15, 0.2) is 29.8 Å². The quantitative estimate of drug-likeness (QED) is 0.806. The fourth-order valence-electron chi connectivity index (χ4n) is 2.26. The van der Waals surface area contributed by atoms with Crippen LogP contribution in [0.25, 0.3) is 6.08 Å². The van der Waals surface area contributed by atoms with Crippen molar-refractivity contribution in [3.05, 3.63) is 41.0 Å². The monoisotopic (exact) mass is 255 g/mol. The summed E-state index contributed by atoms with van der Waals surface area (Å²) >= 11 is 0. The lowest BCUT2D eigenvalue weighted by molar-refractivity contribution is -0.137. The van der Waals surface area contributed by atoms with Gasteiger partial charge in [-0.1, -0.05) is 30.2 Å². The van der Waals surface area contributed by atoms with E-state index < -0.39 is 11.7 Å². The number of hydrogen-bond acceptors (Lipinski definition) is 1. The third-order valence-corrected chi connectivity index (χ3v) is 3.27. The van der Waals surface area contributed by atoms with Gasteiger partial charge in [0, 0.05) is 6.04 Å². The molecule has 0 saturated heterocycles. The minimum Gasteiger partial charge on any atom is -0.324 e. The molecule has 2 N–H and O–H groups in total. The number of nitrogens with two attached hydrogens (primary N) is 1. The summed E-state index contributed by atoms with van der Waals surface area (Å²) in [5.41, 5.74) is 6.99. The Balaban J connectivity index is 2.26. The fourth-order valence-corrected chi connectivity index (χ4v) is 2.26. The lowest BCUT2D eigenvalue weighted by Gasteiger charge is -2.21. The van der Waals surface area contributed by atoms with E-state index >= 15 is 0 Å². The molecule has 0 aliphatic heterocycles. The number of halogens is 3. The van der Waals surface area contributed by atoms with Gasteiger partial charge in [-0.3, -0.25) is 0 Å². The molecule has 1 aromatic rings. The minimum atomic E-state index is -4.29. The molecule has 0 heterocycles. The Labute approximate surface area is 104 Å². The molecule has 98 valence electrons.